The molecule has 0 spiro atoms. The predicted molar refractivity (Wildman–Crippen MR) is 192 cm³/mol. The van der Waals surface area contributed by atoms with Crippen LogP contribution in [0.2, 0.25) is 0 Å². The van der Waals surface area contributed by atoms with Crippen molar-refractivity contribution in [3.63, 3.8) is 0 Å². The highest BCUT2D eigenvalue weighted by molar-refractivity contribution is 6.24. The number of hydrogen-bond donors (Lipinski definition) is 0. The molecule has 0 saturated carbocycles. The van der Waals surface area contributed by atoms with Crippen molar-refractivity contribution in [3.05, 3.63) is 158 Å². The van der Waals surface area contributed by atoms with Crippen molar-refractivity contribution < 1.29 is 4.42 Å². The third kappa shape index (κ3) is 3.56. The van der Waals surface area contributed by atoms with Gasteiger partial charge >= 0.3 is 0 Å². The molecule has 1 aromatic heterocycles. The molecule has 0 unspecified atom stereocenters. The summed E-state index contributed by atoms with van der Waals surface area (Å²) in [6.07, 6.45) is 0. The van der Waals surface area contributed by atoms with Gasteiger partial charge in [0.15, 0.2) is 0 Å². The molecule has 0 N–H and O–H groups in total. The molecule has 0 atom stereocenters. The molecule has 9 aromatic carbocycles. The Balaban J connectivity index is 1.25. The fourth-order valence-corrected chi connectivity index (χ4v) is 7.63. The fraction of sp³-hybridized carbons (Fsp3) is 0. The second-order valence-electron chi connectivity index (χ2n) is 12.0. The van der Waals surface area contributed by atoms with Gasteiger partial charge in [0.2, 0.25) is 0 Å². The van der Waals surface area contributed by atoms with Crippen molar-refractivity contribution in [1.29, 1.82) is 0 Å². The summed E-state index contributed by atoms with van der Waals surface area (Å²) in [5.74, 6) is 0. The van der Waals surface area contributed by atoms with E-state index in [1.54, 1.807) is 0 Å². The summed E-state index contributed by atoms with van der Waals surface area (Å²) in [5.41, 5.74) is 6.88. The molecule has 1 nitrogen and oxygen atoms in total. The number of hydrogen-bond acceptors (Lipinski definition) is 1. The molecule has 0 amide bonds. The highest BCUT2D eigenvalue weighted by atomic mass is 16.3. The van der Waals surface area contributed by atoms with Crippen molar-refractivity contribution in [1.82, 2.24) is 0 Å². The Morgan fingerprint density at radius 1 is 0.289 bits per heavy atom. The molecule has 208 valence electrons. The number of furan rings is 1. The number of para-hydroxylation sites is 1. The lowest BCUT2D eigenvalue weighted by Gasteiger charge is -2.18. The van der Waals surface area contributed by atoms with Crippen LogP contribution in [0.25, 0.3) is 98.1 Å². The van der Waals surface area contributed by atoms with Crippen LogP contribution in [-0.2, 0) is 0 Å². The summed E-state index contributed by atoms with van der Waals surface area (Å²) >= 11 is 0. The fourth-order valence-electron chi connectivity index (χ4n) is 7.63. The zero-order valence-electron chi connectivity index (χ0n) is 24.4. The minimum Gasteiger partial charge on any atom is -0.456 e. The van der Waals surface area contributed by atoms with Gasteiger partial charge in [-0.05, 0) is 100 Å². The second kappa shape index (κ2) is 9.29. The molecule has 0 bridgehead atoms. The first-order chi connectivity index (χ1) is 22.3. The van der Waals surface area contributed by atoms with Crippen LogP contribution in [0.3, 0.4) is 0 Å². The summed E-state index contributed by atoms with van der Waals surface area (Å²) in [6.45, 7) is 0. The molecule has 0 saturated heterocycles. The van der Waals surface area contributed by atoms with E-state index in [1.807, 2.05) is 12.1 Å². The van der Waals surface area contributed by atoms with E-state index in [9.17, 15) is 0 Å². The van der Waals surface area contributed by atoms with Crippen molar-refractivity contribution in [2.24, 2.45) is 0 Å². The average Bonchev–Trinajstić information content (AvgIpc) is 3.49. The van der Waals surface area contributed by atoms with Gasteiger partial charge in [-0.3, -0.25) is 0 Å². The number of rotatable bonds is 2. The largest absolute Gasteiger partial charge is 0.456 e. The molecule has 0 fully saturated rings. The molecule has 10 aromatic rings. The molecular formula is C44H26O. The lowest BCUT2D eigenvalue weighted by Crippen LogP contribution is -1.91. The van der Waals surface area contributed by atoms with Gasteiger partial charge in [0.1, 0.15) is 11.2 Å². The lowest BCUT2D eigenvalue weighted by atomic mass is 9.85. The van der Waals surface area contributed by atoms with Crippen LogP contribution in [0.5, 0.6) is 0 Å². The number of fused-ring (bicyclic) bond motifs is 10. The maximum absolute atomic E-state index is 6.19. The van der Waals surface area contributed by atoms with Crippen LogP contribution in [-0.4, -0.2) is 0 Å². The highest BCUT2D eigenvalue weighted by Gasteiger charge is 2.18. The Hall–Kier alpha value is -5.92. The zero-order chi connectivity index (χ0) is 29.5. The smallest absolute Gasteiger partial charge is 0.136 e. The van der Waals surface area contributed by atoms with Crippen LogP contribution >= 0.6 is 0 Å². The van der Waals surface area contributed by atoms with Crippen molar-refractivity contribution >= 4 is 75.8 Å². The van der Waals surface area contributed by atoms with Crippen LogP contribution < -0.4 is 0 Å². The third-order valence-corrected chi connectivity index (χ3v) is 9.61. The molecular weight excluding hydrogens is 544 g/mol. The van der Waals surface area contributed by atoms with E-state index >= 15 is 0 Å². The first-order valence-electron chi connectivity index (χ1n) is 15.5. The Bertz CT molecular complexity index is 2760. The molecule has 0 aliphatic rings. The van der Waals surface area contributed by atoms with Crippen molar-refractivity contribution in [3.8, 4) is 22.3 Å². The quantitative estimate of drug-likeness (QED) is 0.149. The summed E-state index contributed by atoms with van der Waals surface area (Å²) in [5, 5.41) is 15.0. The zero-order valence-corrected chi connectivity index (χ0v) is 24.4. The topological polar surface area (TPSA) is 13.1 Å². The van der Waals surface area contributed by atoms with E-state index in [0.29, 0.717) is 0 Å². The predicted octanol–water partition coefficient (Wildman–Crippen LogP) is 12.7. The average molecular weight is 571 g/mol. The summed E-state index contributed by atoms with van der Waals surface area (Å²) < 4.78 is 6.19. The molecule has 45 heavy (non-hydrogen) atoms. The van der Waals surface area contributed by atoms with Gasteiger partial charge < -0.3 is 4.42 Å². The molecule has 10 rings (SSSR count). The normalized spacial score (nSPS) is 12.0. The van der Waals surface area contributed by atoms with Gasteiger partial charge in [-0.1, -0.05) is 133 Å². The minimum atomic E-state index is 0.929. The molecule has 1 heterocycles. The van der Waals surface area contributed by atoms with Gasteiger partial charge in [-0.2, -0.15) is 0 Å². The Kier molecular flexibility index (Phi) is 5.06. The second-order valence-corrected chi connectivity index (χ2v) is 12.0. The van der Waals surface area contributed by atoms with Crippen LogP contribution in [0, 0.1) is 0 Å². The Morgan fingerprint density at radius 3 is 1.42 bits per heavy atom. The third-order valence-electron chi connectivity index (χ3n) is 9.61. The minimum absolute atomic E-state index is 0.929. The van der Waals surface area contributed by atoms with Gasteiger partial charge in [0.25, 0.3) is 0 Å². The first kappa shape index (κ1) is 24.5. The highest BCUT2D eigenvalue weighted by Crippen LogP contribution is 2.45. The molecule has 1 heteroatoms. The lowest BCUT2D eigenvalue weighted by molar-refractivity contribution is 0.669. The van der Waals surface area contributed by atoms with E-state index in [2.05, 4.69) is 146 Å². The van der Waals surface area contributed by atoms with Crippen LogP contribution in [0.15, 0.2) is 162 Å². The molecule has 0 aliphatic carbocycles. The number of benzene rings is 9. The van der Waals surface area contributed by atoms with Crippen LogP contribution in [0.1, 0.15) is 0 Å². The SMILES string of the molecule is c1ccc2c(c1)ccc1cc(-c3c4ccccc4c(-c4ccc5c(ccc6oc7ccccc7c65)c4)c4ccccc34)ccc12. The monoisotopic (exact) mass is 570 g/mol. The summed E-state index contributed by atoms with van der Waals surface area (Å²) in [6, 6.07) is 57.5. The summed E-state index contributed by atoms with van der Waals surface area (Å²) in [7, 11) is 0. The van der Waals surface area contributed by atoms with E-state index in [1.165, 1.54) is 81.5 Å². The Morgan fingerprint density at radius 2 is 0.756 bits per heavy atom. The van der Waals surface area contributed by atoms with Crippen molar-refractivity contribution in [2.75, 3.05) is 0 Å². The first-order valence-corrected chi connectivity index (χ1v) is 15.5. The van der Waals surface area contributed by atoms with Gasteiger partial charge in [0, 0.05) is 10.8 Å². The molecule has 0 radical (unpaired) electrons. The van der Waals surface area contributed by atoms with E-state index in [-0.39, 0.29) is 0 Å². The van der Waals surface area contributed by atoms with Gasteiger partial charge in [0.05, 0.1) is 0 Å². The van der Waals surface area contributed by atoms with E-state index < -0.39 is 0 Å². The maximum Gasteiger partial charge on any atom is 0.136 e. The van der Waals surface area contributed by atoms with Gasteiger partial charge in [-0.15, -0.1) is 0 Å². The summed E-state index contributed by atoms with van der Waals surface area (Å²) in [4.78, 5) is 0. The van der Waals surface area contributed by atoms with E-state index in [0.717, 1.165) is 16.6 Å². The van der Waals surface area contributed by atoms with E-state index in [4.69, 9.17) is 4.42 Å². The van der Waals surface area contributed by atoms with Crippen LogP contribution in [0.4, 0.5) is 0 Å². The Labute approximate surface area is 259 Å². The molecule has 0 aliphatic heterocycles. The maximum atomic E-state index is 6.19. The standard InChI is InChI=1S/C44H26O/c1-2-10-32-27(9-1)17-18-28-25-30(19-22-33(28)32)42-35-11-3-5-13-37(35)43(38-14-6-4-12-36(38)42)31-20-23-34-29(26-31)21-24-41-44(34)39-15-7-8-16-40(39)45-41/h1-26H. The van der Waals surface area contributed by atoms with Gasteiger partial charge in [-0.25, -0.2) is 0 Å². The van der Waals surface area contributed by atoms with Crippen molar-refractivity contribution in [2.45, 2.75) is 0 Å².